The minimum Gasteiger partial charge on any atom is -0.465 e. The minimum absolute atomic E-state index is 0.0515. The van der Waals surface area contributed by atoms with E-state index in [9.17, 15) is 14.0 Å². The lowest BCUT2D eigenvalue weighted by molar-refractivity contribution is 0.0506. The maximum atomic E-state index is 14.3. The van der Waals surface area contributed by atoms with Crippen LogP contribution in [0, 0.1) is 25.6 Å². The molecule has 1 amide bonds. The van der Waals surface area contributed by atoms with Gasteiger partial charge in [0.2, 0.25) is 0 Å². The van der Waals surface area contributed by atoms with E-state index in [1.165, 1.54) is 25.4 Å². The normalized spacial score (nSPS) is 14.9. The molecule has 43 heavy (non-hydrogen) atoms. The third kappa shape index (κ3) is 5.80. The van der Waals surface area contributed by atoms with Crippen molar-refractivity contribution in [1.82, 2.24) is 24.4 Å². The summed E-state index contributed by atoms with van der Waals surface area (Å²) in [5.74, 6) is -0.0699. The standard InChI is InChI=1S/C32H36ClFN6O3/c1-18(2)15-39-16-22(21-8-9-23(33)24(34)13-21)28-29(39)37-25(14-35-28)30(41)40-11-10-38(17-32(40,5)6)26-12-19(3)27(20(4)36-26)31(42)43-7/h8-9,12-14,16,18H,10-11,15,17H2,1-7H3. The number of esters is 1. The van der Waals surface area contributed by atoms with E-state index in [0.717, 1.165) is 16.9 Å². The average Bonchev–Trinajstić information content (AvgIpc) is 3.29. The number of nitrogens with zero attached hydrogens (tertiary/aromatic N) is 6. The molecule has 9 nitrogen and oxygen atoms in total. The molecule has 1 aromatic carbocycles. The Kier molecular flexibility index (Phi) is 8.17. The van der Waals surface area contributed by atoms with Crippen LogP contribution in [0.15, 0.2) is 36.7 Å². The molecule has 1 saturated heterocycles. The summed E-state index contributed by atoms with van der Waals surface area (Å²) in [7, 11) is 1.36. The zero-order valence-corrected chi connectivity index (χ0v) is 26.3. The number of amides is 1. The van der Waals surface area contributed by atoms with Gasteiger partial charge in [-0.25, -0.2) is 24.1 Å². The first-order valence-electron chi connectivity index (χ1n) is 14.3. The van der Waals surface area contributed by atoms with Gasteiger partial charge in [0, 0.05) is 37.9 Å². The fourth-order valence-electron chi connectivity index (χ4n) is 5.81. The summed E-state index contributed by atoms with van der Waals surface area (Å²) in [4.78, 5) is 44.2. The molecule has 0 radical (unpaired) electrons. The number of piperazine rings is 1. The molecule has 5 rings (SSSR count). The SMILES string of the molecule is COC(=O)c1c(C)cc(N2CCN(C(=O)c3cnc4c(-c5ccc(Cl)c(F)c5)cn(CC(C)C)c4n3)C(C)(C)C2)nc1C. The van der Waals surface area contributed by atoms with Crippen molar-refractivity contribution in [2.45, 2.75) is 53.6 Å². The molecular weight excluding hydrogens is 571 g/mol. The maximum absolute atomic E-state index is 14.3. The van der Waals surface area contributed by atoms with Crippen molar-refractivity contribution >= 4 is 40.5 Å². The van der Waals surface area contributed by atoms with E-state index in [-0.39, 0.29) is 16.6 Å². The van der Waals surface area contributed by atoms with E-state index in [0.29, 0.717) is 60.1 Å². The van der Waals surface area contributed by atoms with Gasteiger partial charge in [-0.2, -0.15) is 0 Å². The Balaban J connectivity index is 1.44. The number of carbonyl (C=O) groups excluding carboxylic acids is 2. The quantitative estimate of drug-likeness (QED) is 0.245. The van der Waals surface area contributed by atoms with Crippen LogP contribution in [0.25, 0.3) is 22.3 Å². The molecule has 0 atom stereocenters. The number of aryl methyl sites for hydroxylation is 2. The van der Waals surface area contributed by atoms with Crippen molar-refractivity contribution in [2.75, 3.05) is 31.6 Å². The molecule has 0 spiro atoms. The van der Waals surface area contributed by atoms with Gasteiger partial charge in [0.15, 0.2) is 5.65 Å². The van der Waals surface area contributed by atoms with Gasteiger partial charge in [-0.15, -0.1) is 0 Å². The fraction of sp³-hybridized carbons (Fsp3) is 0.406. The highest BCUT2D eigenvalue weighted by Gasteiger charge is 2.38. The summed E-state index contributed by atoms with van der Waals surface area (Å²) in [6.07, 6.45) is 3.41. The van der Waals surface area contributed by atoms with Crippen LogP contribution >= 0.6 is 11.6 Å². The number of anilines is 1. The van der Waals surface area contributed by atoms with E-state index in [1.807, 2.05) is 42.5 Å². The number of benzene rings is 1. The molecule has 226 valence electrons. The molecule has 11 heteroatoms. The third-order valence-corrected chi connectivity index (χ3v) is 8.13. The van der Waals surface area contributed by atoms with Crippen molar-refractivity contribution in [3.63, 3.8) is 0 Å². The summed E-state index contributed by atoms with van der Waals surface area (Å²) in [5.41, 5.74) is 4.09. The molecule has 1 aliphatic heterocycles. The van der Waals surface area contributed by atoms with Gasteiger partial charge in [0.25, 0.3) is 5.91 Å². The second-order valence-corrected chi connectivity index (χ2v) is 12.5. The summed E-state index contributed by atoms with van der Waals surface area (Å²) >= 11 is 5.92. The monoisotopic (exact) mass is 606 g/mol. The number of aromatic nitrogens is 4. The van der Waals surface area contributed by atoms with E-state index in [2.05, 4.69) is 23.7 Å². The molecule has 0 unspecified atom stereocenters. The minimum atomic E-state index is -0.553. The molecule has 1 aliphatic rings. The fourth-order valence-corrected chi connectivity index (χ4v) is 5.92. The van der Waals surface area contributed by atoms with Crippen LogP contribution in [0.4, 0.5) is 10.2 Å². The second-order valence-electron chi connectivity index (χ2n) is 12.1. The predicted octanol–water partition coefficient (Wildman–Crippen LogP) is 6.09. The summed E-state index contributed by atoms with van der Waals surface area (Å²) in [6, 6.07) is 6.56. The van der Waals surface area contributed by atoms with Crippen LogP contribution in [-0.4, -0.2) is 68.6 Å². The number of halogens is 2. The summed E-state index contributed by atoms with van der Waals surface area (Å²) in [5, 5.41) is 0.0515. The Morgan fingerprint density at radius 3 is 2.51 bits per heavy atom. The topological polar surface area (TPSA) is 93.5 Å². The molecule has 1 fully saturated rings. The molecular formula is C32H36ClFN6O3. The molecule has 0 N–H and O–H groups in total. The highest BCUT2D eigenvalue weighted by Crippen LogP contribution is 2.32. The first-order chi connectivity index (χ1) is 20.3. The Bertz CT molecular complexity index is 1710. The van der Waals surface area contributed by atoms with E-state index < -0.39 is 17.3 Å². The van der Waals surface area contributed by atoms with Crippen LogP contribution in [0.5, 0.6) is 0 Å². The molecule has 0 saturated carbocycles. The molecule has 4 aromatic rings. The zero-order valence-electron chi connectivity index (χ0n) is 25.5. The average molecular weight is 607 g/mol. The van der Waals surface area contributed by atoms with Gasteiger partial charge >= 0.3 is 5.97 Å². The number of hydrogen-bond acceptors (Lipinski definition) is 7. The first kappa shape index (κ1) is 30.4. The lowest BCUT2D eigenvalue weighted by Crippen LogP contribution is -2.61. The first-order valence-corrected chi connectivity index (χ1v) is 14.6. The van der Waals surface area contributed by atoms with Crippen molar-refractivity contribution in [3.8, 4) is 11.1 Å². The highest BCUT2D eigenvalue weighted by molar-refractivity contribution is 6.30. The second kappa shape index (κ2) is 11.6. The van der Waals surface area contributed by atoms with Crippen molar-refractivity contribution in [3.05, 3.63) is 70.0 Å². The van der Waals surface area contributed by atoms with Gasteiger partial charge in [0.05, 0.1) is 35.1 Å². The maximum Gasteiger partial charge on any atom is 0.339 e. The van der Waals surface area contributed by atoms with Crippen LogP contribution in [0.2, 0.25) is 5.02 Å². The number of fused-ring (bicyclic) bond motifs is 1. The molecule has 4 heterocycles. The summed E-state index contributed by atoms with van der Waals surface area (Å²) in [6.45, 7) is 14.1. The van der Waals surface area contributed by atoms with E-state index in [4.69, 9.17) is 26.3 Å². The van der Waals surface area contributed by atoms with Gasteiger partial charge in [-0.05, 0) is 62.9 Å². The van der Waals surface area contributed by atoms with Gasteiger partial charge in [-0.1, -0.05) is 31.5 Å². The predicted molar refractivity (Wildman–Crippen MR) is 165 cm³/mol. The number of hydrogen-bond donors (Lipinski definition) is 0. The Morgan fingerprint density at radius 2 is 1.88 bits per heavy atom. The Hall–Kier alpha value is -4.05. The van der Waals surface area contributed by atoms with Crippen LogP contribution < -0.4 is 4.90 Å². The number of ether oxygens (including phenoxy) is 1. The van der Waals surface area contributed by atoms with Gasteiger partial charge in [-0.3, -0.25) is 4.79 Å². The Morgan fingerprint density at radius 1 is 1.14 bits per heavy atom. The number of rotatable bonds is 6. The largest absolute Gasteiger partial charge is 0.465 e. The lowest BCUT2D eigenvalue weighted by atomic mass is 9.97. The molecule has 0 bridgehead atoms. The van der Waals surface area contributed by atoms with Crippen molar-refractivity contribution < 1.29 is 18.7 Å². The number of pyridine rings is 1. The summed E-state index contributed by atoms with van der Waals surface area (Å²) < 4.78 is 21.2. The Labute approximate surface area is 255 Å². The van der Waals surface area contributed by atoms with E-state index >= 15 is 0 Å². The third-order valence-electron chi connectivity index (χ3n) is 7.82. The van der Waals surface area contributed by atoms with Crippen LogP contribution in [0.3, 0.4) is 0 Å². The van der Waals surface area contributed by atoms with Crippen LogP contribution in [0.1, 0.15) is 59.8 Å². The zero-order chi connectivity index (χ0) is 31.2. The van der Waals surface area contributed by atoms with Gasteiger partial charge in [0.1, 0.15) is 22.8 Å². The van der Waals surface area contributed by atoms with Gasteiger partial charge < -0.3 is 19.1 Å². The highest BCUT2D eigenvalue weighted by atomic mass is 35.5. The van der Waals surface area contributed by atoms with Crippen molar-refractivity contribution in [2.24, 2.45) is 5.92 Å². The molecule has 3 aromatic heterocycles. The molecule has 0 aliphatic carbocycles. The van der Waals surface area contributed by atoms with Crippen LogP contribution in [-0.2, 0) is 11.3 Å². The van der Waals surface area contributed by atoms with E-state index in [1.54, 1.807) is 13.0 Å². The number of carbonyl (C=O) groups is 2. The number of methoxy groups -OCH3 is 1. The smallest absolute Gasteiger partial charge is 0.339 e. The van der Waals surface area contributed by atoms with Crippen molar-refractivity contribution in [1.29, 1.82) is 0 Å². The lowest BCUT2D eigenvalue weighted by Gasteiger charge is -2.47.